The minimum atomic E-state index is -0.855. The number of ether oxygens (including phenoxy) is 3. The van der Waals surface area contributed by atoms with E-state index in [0.717, 1.165) is 6.54 Å². The van der Waals surface area contributed by atoms with Gasteiger partial charge >= 0.3 is 0 Å². The first-order valence-corrected chi connectivity index (χ1v) is 10.5. The molecule has 1 aromatic heterocycles. The van der Waals surface area contributed by atoms with Gasteiger partial charge in [0, 0.05) is 6.54 Å². The summed E-state index contributed by atoms with van der Waals surface area (Å²) < 4.78 is 21.8. The molecule has 0 bridgehead atoms. The number of benzene rings is 1. The Kier molecular flexibility index (Phi) is 7.33. The smallest absolute Gasteiger partial charge is 0.290 e. The van der Waals surface area contributed by atoms with E-state index in [2.05, 4.69) is 0 Å². The second-order valence-electron chi connectivity index (χ2n) is 8.02. The second kappa shape index (κ2) is 9.99. The highest BCUT2D eigenvalue weighted by Gasteiger charge is 2.44. The summed E-state index contributed by atoms with van der Waals surface area (Å²) in [5.41, 5.74) is 0.492. The summed E-state index contributed by atoms with van der Waals surface area (Å²) >= 11 is 0. The minimum absolute atomic E-state index is 0.0477. The number of carbonyl (C=O) groups is 2. The fraction of sp³-hybridized carbons (Fsp3) is 0.417. The first kappa shape index (κ1) is 24.2. The number of aliphatic hydroxyl groups is 1. The standard InChI is InChI=1S/C24H30N2O7/c1-14-8-9-16(33-14)21(27)19-20(26(24(29)22(19)28)11-7-10-25(2)3)15-12-17(30-4)23(32-6)18(13-15)31-5/h8-9,12-13,20,28H,7,10-11H2,1-6H3/t20-/m0/s1. The van der Waals surface area contributed by atoms with Crippen molar-refractivity contribution in [2.75, 3.05) is 48.5 Å². The van der Waals surface area contributed by atoms with Crippen LogP contribution in [0.2, 0.25) is 0 Å². The zero-order valence-electron chi connectivity index (χ0n) is 19.8. The number of ketones is 1. The van der Waals surface area contributed by atoms with Gasteiger partial charge in [-0.15, -0.1) is 0 Å². The predicted octanol–water partition coefficient (Wildman–Crippen LogP) is 3.14. The lowest BCUT2D eigenvalue weighted by Gasteiger charge is -2.28. The van der Waals surface area contributed by atoms with Crippen LogP contribution in [0.5, 0.6) is 17.2 Å². The Hall–Kier alpha value is -3.46. The third-order valence-electron chi connectivity index (χ3n) is 5.52. The molecule has 1 atom stereocenters. The fourth-order valence-corrected chi connectivity index (χ4v) is 3.97. The average Bonchev–Trinajstić information content (AvgIpc) is 3.33. The third-order valence-corrected chi connectivity index (χ3v) is 5.52. The normalized spacial score (nSPS) is 16.0. The molecule has 9 heteroatoms. The van der Waals surface area contributed by atoms with Gasteiger partial charge in [-0.1, -0.05) is 0 Å². The number of nitrogens with zero attached hydrogens (tertiary/aromatic N) is 2. The van der Waals surface area contributed by atoms with Crippen molar-refractivity contribution in [1.82, 2.24) is 9.80 Å². The van der Waals surface area contributed by atoms with Crippen LogP contribution in [0, 0.1) is 6.92 Å². The van der Waals surface area contributed by atoms with Crippen molar-refractivity contribution in [2.45, 2.75) is 19.4 Å². The van der Waals surface area contributed by atoms with E-state index in [1.54, 1.807) is 25.1 Å². The Morgan fingerprint density at radius 3 is 2.24 bits per heavy atom. The Balaban J connectivity index is 2.14. The van der Waals surface area contributed by atoms with E-state index in [1.807, 2.05) is 19.0 Å². The molecule has 1 aromatic carbocycles. The maximum atomic E-state index is 13.4. The van der Waals surface area contributed by atoms with E-state index in [1.165, 1.54) is 32.3 Å². The van der Waals surface area contributed by atoms with Gasteiger partial charge < -0.3 is 33.5 Å². The molecular weight excluding hydrogens is 428 g/mol. The van der Waals surface area contributed by atoms with Crippen molar-refractivity contribution in [3.8, 4) is 17.2 Å². The van der Waals surface area contributed by atoms with Crippen LogP contribution in [0.15, 0.2) is 40.0 Å². The summed E-state index contributed by atoms with van der Waals surface area (Å²) in [6.07, 6.45) is 0.647. The number of methoxy groups -OCH3 is 3. The molecule has 0 aliphatic carbocycles. The Bertz CT molecular complexity index is 1050. The molecule has 1 N–H and O–H groups in total. The molecule has 0 saturated carbocycles. The van der Waals surface area contributed by atoms with E-state index in [4.69, 9.17) is 18.6 Å². The van der Waals surface area contributed by atoms with Crippen LogP contribution in [-0.2, 0) is 4.79 Å². The van der Waals surface area contributed by atoms with Gasteiger partial charge in [0.15, 0.2) is 23.0 Å². The van der Waals surface area contributed by atoms with Gasteiger partial charge in [0.2, 0.25) is 11.5 Å². The number of Topliss-reactive ketones (excluding diaryl/α,β-unsaturated/α-hetero) is 1. The highest BCUT2D eigenvalue weighted by molar-refractivity contribution is 6.15. The zero-order chi connectivity index (χ0) is 24.3. The SMILES string of the molecule is COc1cc([C@H]2C(C(=O)c3ccc(C)o3)=C(O)C(=O)N2CCCN(C)C)cc(OC)c1OC. The van der Waals surface area contributed by atoms with Crippen molar-refractivity contribution in [1.29, 1.82) is 0 Å². The summed E-state index contributed by atoms with van der Waals surface area (Å²) in [7, 11) is 8.34. The van der Waals surface area contributed by atoms with Crippen molar-refractivity contribution in [2.24, 2.45) is 0 Å². The molecule has 9 nitrogen and oxygen atoms in total. The first-order chi connectivity index (χ1) is 15.7. The van der Waals surface area contributed by atoms with Crippen molar-refractivity contribution in [3.63, 3.8) is 0 Å². The van der Waals surface area contributed by atoms with Gasteiger partial charge in [0.1, 0.15) is 5.76 Å². The Morgan fingerprint density at radius 1 is 1.12 bits per heavy atom. The molecule has 0 fully saturated rings. The number of furan rings is 1. The molecule has 0 spiro atoms. The minimum Gasteiger partial charge on any atom is -0.503 e. The lowest BCUT2D eigenvalue weighted by Crippen LogP contribution is -2.33. The maximum absolute atomic E-state index is 13.4. The summed E-state index contributed by atoms with van der Waals surface area (Å²) in [4.78, 5) is 29.9. The van der Waals surface area contributed by atoms with E-state index in [0.29, 0.717) is 41.5 Å². The summed E-state index contributed by atoms with van der Waals surface area (Å²) in [5.74, 6) is -0.0157. The molecule has 0 radical (unpaired) electrons. The highest BCUT2D eigenvalue weighted by atomic mass is 16.5. The molecule has 0 saturated heterocycles. The van der Waals surface area contributed by atoms with Crippen LogP contribution in [0.25, 0.3) is 0 Å². The predicted molar refractivity (Wildman–Crippen MR) is 121 cm³/mol. The van der Waals surface area contributed by atoms with Crippen LogP contribution in [0.3, 0.4) is 0 Å². The molecule has 33 heavy (non-hydrogen) atoms. The molecule has 1 amide bonds. The molecule has 2 aromatic rings. The van der Waals surface area contributed by atoms with Gasteiger partial charge in [-0.2, -0.15) is 0 Å². The third kappa shape index (κ3) is 4.68. The number of aryl methyl sites for hydroxylation is 1. The molecule has 1 aliphatic rings. The van der Waals surface area contributed by atoms with E-state index in [-0.39, 0.29) is 11.3 Å². The van der Waals surface area contributed by atoms with Crippen molar-refractivity contribution in [3.05, 3.63) is 52.7 Å². The van der Waals surface area contributed by atoms with Crippen LogP contribution >= 0.6 is 0 Å². The summed E-state index contributed by atoms with van der Waals surface area (Å²) in [6.45, 7) is 2.78. The van der Waals surface area contributed by atoms with Crippen molar-refractivity contribution < 1.29 is 33.3 Å². The Morgan fingerprint density at radius 2 is 1.76 bits per heavy atom. The number of aliphatic hydroxyl groups excluding tert-OH is 1. The number of carbonyl (C=O) groups excluding carboxylic acids is 2. The highest BCUT2D eigenvalue weighted by Crippen LogP contribution is 2.45. The van der Waals surface area contributed by atoms with Crippen LogP contribution in [0.1, 0.15) is 34.3 Å². The number of hydrogen-bond donors (Lipinski definition) is 1. The molecule has 178 valence electrons. The quantitative estimate of drug-likeness (QED) is 0.542. The van der Waals surface area contributed by atoms with Crippen LogP contribution in [-0.4, -0.2) is 75.1 Å². The number of hydrogen-bond acceptors (Lipinski definition) is 8. The first-order valence-electron chi connectivity index (χ1n) is 10.5. The van der Waals surface area contributed by atoms with Gasteiger partial charge in [0.05, 0.1) is 32.9 Å². The van der Waals surface area contributed by atoms with E-state index >= 15 is 0 Å². The van der Waals surface area contributed by atoms with E-state index in [9.17, 15) is 14.7 Å². The summed E-state index contributed by atoms with van der Waals surface area (Å²) in [6, 6.07) is 5.69. The van der Waals surface area contributed by atoms with Gasteiger partial charge in [-0.05, 0) is 63.8 Å². The molecule has 0 unspecified atom stereocenters. The largest absolute Gasteiger partial charge is 0.503 e. The molecule has 2 heterocycles. The lowest BCUT2D eigenvalue weighted by molar-refractivity contribution is -0.129. The number of rotatable bonds is 10. The number of amides is 1. The summed E-state index contributed by atoms with van der Waals surface area (Å²) in [5, 5.41) is 10.8. The van der Waals surface area contributed by atoms with Gasteiger partial charge in [-0.3, -0.25) is 9.59 Å². The Labute approximate surface area is 193 Å². The molecule has 1 aliphatic heterocycles. The lowest BCUT2D eigenvalue weighted by atomic mass is 9.94. The molecular formula is C24H30N2O7. The molecule has 3 rings (SSSR count). The van der Waals surface area contributed by atoms with Crippen LogP contribution in [0.4, 0.5) is 0 Å². The van der Waals surface area contributed by atoms with Gasteiger partial charge in [0.25, 0.3) is 5.91 Å². The zero-order valence-corrected chi connectivity index (χ0v) is 19.8. The second-order valence-corrected chi connectivity index (χ2v) is 8.02. The average molecular weight is 459 g/mol. The van der Waals surface area contributed by atoms with Crippen molar-refractivity contribution >= 4 is 11.7 Å². The monoisotopic (exact) mass is 458 g/mol. The maximum Gasteiger partial charge on any atom is 0.290 e. The fourth-order valence-electron chi connectivity index (χ4n) is 3.97. The van der Waals surface area contributed by atoms with Crippen LogP contribution < -0.4 is 14.2 Å². The van der Waals surface area contributed by atoms with Gasteiger partial charge in [-0.25, -0.2) is 0 Å². The van der Waals surface area contributed by atoms with E-state index < -0.39 is 23.5 Å². The topological polar surface area (TPSA) is 102 Å².